The normalized spacial score (nSPS) is 22.3. The number of aryl methyl sites for hydroxylation is 2. The van der Waals surface area contributed by atoms with E-state index < -0.39 is 0 Å². The summed E-state index contributed by atoms with van der Waals surface area (Å²) in [5, 5.41) is 3.31. The van der Waals surface area contributed by atoms with Gasteiger partial charge in [0.2, 0.25) is 0 Å². The SMILES string of the molecule is Cc1ccc([C@H](C)O[C@@H]2CCNC2)c(C)n1. The smallest absolute Gasteiger partial charge is 0.0818 e. The van der Waals surface area contributed by atoms with Crippen LogP contribution < -0.4 is 5.32 Å². The zero-order chi connectivity index (χ0) is 11.5. The second kappa shape index (κ2) is 4.93. The summed E-state index contributed by atoms with van der Waals surface area (Å²) in [5.41, 5.74) is 3.35. The Kier molecular flexibility index (Phi) is 3.56. The molecule has 3 heteroatoms. The third kappa shape index (κ3) is 2.60. The summed E-state index contributed by atoms with van der Waals surface area (Å²) in [5.74, 6) is 0. The molecule has 0 spiro atoms. The summed E-state index contributed by atoms with van der Waals surface area (Å²) in [4.78, 5) is 4.47. The molecule has 0 amide bonds. The zero-order valence-corrected chi connectivity index (χ0v) is 10.3. The number of hydrogen-bond acceptors (Lipinski definition) is 3. The molecule has 1 aliphatic heterocycles. The molecule has 0 aliphatic carbocycles. The van der Waals surface area contributed by atoms with Gasteiger partial charge in [0.15, 0.2) is 0 Å². The fourth-order valence-corrected chi connectivity index (χ4v) is 2.23. The second-order valence-electron chi connectivity index (χ2n) is 4.52. The standard InChI is InChI=1S/C13H20N2O/c1-9-4-5-13(10(2)15-9)11(3)16-12-6-7-14-8-12/h4-5,11-12,14H,6-8H2,1-3H3/t11-,12+/m0/s1. The van der Waals surface area contributed by atoms with E-state index in [0.29, 0.717) is 6.10 Å². The molecule has 0 bridgehead atoms. The topological polar surface area (TPSA) is 34.1 Å². The highest BCUT2D eigenvalue weighted by Crippen LogP contribution is 2.22. The maximum absolute atomic E-state index is 6.02. The van der Waals surface area contributed by atoms with Crippen LogP contribution in [0.25, 0.3) is 0 Å². The van der Waals surface area contributed by atoms with Crippen molar-refractivity contribution in [2.24, 2.45) is 0 Å². The lowest BCUT2D eigenvalue weighted by atomic mass is 10.1. The molecule has 2 atom stereocenters. The largest absolute Gasteiger partial charge is 0.369 e. The van der Waals surface area contributed by atoms with Crippen LogP contribution in [0.1, 0.15) is 36.4 Å². The van der Waals surface area contributed by atoms with Gasteiger partial charge >= 0.3 is 0 Å². The number of ether oxygens (including phenoxy) is 1. The van der Waals surface area contributed by atoms with Gasteiger partial charge in [-0.1, -0.05) is 6.07 Å². The van der Waals surface area contributed by atoms with E-state index in [0.717, 1.165) is 30.9 Å². The van der Waals surface area contributed by atoms with Gasteiger partial charge in [-0.25, -0.2) is 0 Å². The van der Waals surface area contributed by atoms with Crippen molar-refractivity contribution in [3.63, 3.8) is 0 Å². The number of pyridine rings is 1. The van der Waals surface area contributed by atoms with Gasteiger partial charge in [0.05, 0.1) is 12.2 Å². The maximum Gasteiger partial charge on any atom is 0.0818 e. The first kappa shape index (κ1) is 11.6. The van der Waals surface area contributed by atoms with Crippen molar-refractivity contribution in [3.8, 4) is 0 Å². The van der Waals surface area contributed by atoms with Crippen LogP contribution in [0, 0.1) is 13.8 Å². The highest BCUT2D eigenvalue weighted by molar-refractivity contribution is 5.23. The van der Waals surface area contributed by atoms with E-state index in [1.807, 2.05) is 6.92 Å². The molecule has 1 aromatic rings. The Hall–Kier alpha value is -0.930. The van der Waals surface area contributed by atoms with Crippen LogP contribution in [0.4, 0.5) is 0 Å². The van der Waals surface area contributed by atoms with Gasteiger partial charge in [-0.15, -0.1) is 0 Å². The molecule has 3 nitrogen and oxygen atoms in total. The van der Waals surface area contributed by atoms with Crippen LogP contribution in [0.2, 0.25) is 0 Å². The molecule has 1 saturated heterocycles. The molecular weight excluding hydrogens is 200 g/mol. The Labute approximate surface area is 97.2 Å². The lowest BCUT2D eigenvalue weighted by Gasteiger charge is -2.19. The van der Waals surface area contributed by atoms with E-state index >= 15 is 0 Å². The van der Waals surface area contributed by atoms with Crippen LogP contribution in [-0.2, 0) is 4.74 Å². The zero-order valence-electron chi connectivity index (χ0n) is 10.3. The van der Waals surface area contributed by atoms with E-state index in [1.165, 1.54) is 5.56 Å². The third-order valence-corrected chi connectivity index (χ3v) is 3.12. The van der Waals surface area contributed by atoms with Crippen molar-refractivity contribution >= 4 is 0 Å². The molecule has 1 fully saturated rings. The molecule has 0 unspecified atom stereocenters. The first-order valence-electron chi connectivity index (χ1n) is 5.97. The number of nitrogens with zero attached hydrogens (tertiary/aromatic N) is 1. The molecule has 2 rings (SSSR count). The van der Waals surface area contributed by atoms with Gasteiger partial charge in [-0.2, -0.15) is 0 Å². The van der Waals surface area contributed by atoms with Crippen LogP contribution in [-0.4, -0.2) is 24.2 Å². The summed E-state index contributed by atoms with van der Waals surface area (Å²) in [6.07, 6.45) is 1.61. The van der Waals surface area contributed by atoms with Crippen molar-refractivity contribution in [1.29, 1.82) is 0 Å². The number of hydrogen-bond donors (Lipinski definition) is 1. The highest BCUT2D eigenvalue weighted by atomic mass is 16.5. The molecule has 0 radical (unpaired) electrons. The number of aromatic nitrogens is 1. The average molecular weight is 220 g/mol. The summed E-state index contributed by atoms with van der Waals surface area (Å²) in [6.45, 7) is 8.22. The van der Waals surface area contributed by atoms with E-state index in [9.17, 15) is 0 Å². The Morgan fingerprint density at radius 3 is 2.88 bits per heavy atom. The first-order valence-corrected chi connectivity index (χ1v) is 5.97. The van der Waals surface area contributed by atoms with Gasteiger partial charge in [0, 0.05) is 23.5 Å². The van der Waals surface area contributed by atoms with Crippen LogP contribution in [0.5, 0.6) is 0 Å². The predicted molar refractivity (Wildman–Crippen MR) is 64.5 cm³/mol. The van der Waals surface area contributed by atoms with Crippen LogP contribution in [0.3, 0.4) is 0 Å². The Balaban J connectivity index is 2.04. The van der Waals surface area contributed by atoms with Crippen molar-refractivity contribution in [3.05, 3.63) is 29.1 Å². The van der Waals surface area contributed by atoms with Crippen molar-refractivity contribution in [1.82, 2.24) is 10.3 Å². The number of rotatable bonds is 3. The summed E-state index contributed by atoms with van der Waals surface area (Å²) in [6, 6.07) is 4.18. The van der Waals surface area contributed by atoms with Gasteiger partial charge in [0.1, 0.15) is 0 Å². The van der Waals surface area contributed by atoms with Gasteiger partial charge in [-0.05, 0) is 39.8 Å². The maximum atomic E-state index is 6.02. The fourth-order valence-electron chi connectivity index (χ4n) is 2.23. The van der Waals surface area contributed by atoms with Crippen LogP contribution in [0.15, 0.2) is 12.1 Å². The van der Waals surface area contributed by atoms with E-state index in [4.69, 9.17) is 4.74 Å². The molecule has 2 heterocycles. The molecule has 1 aliphatic rings. The van der Waals surface area contributed by atoms with Crippen molar-refractivity contribution < 1.29 is 4.74 Å². The van der Waals surface area contributed by atoms with Crippen LogP contribution >= 0.6 is 0 Å². The minimum absolute atomic E-state index is 0.137. The van der Waals surface area contributed by atoms with E-state index in [2.05, 4.69) is 36.3 Å². The van der Waals surface area contributed by atoms with E-state index in [1.54, 1.807) is 0 Å². The average Bonchev–Trinajstić information content (AvgIpc) is 2.70. The Bertz CT molecular complexity index is 359. The summed E-state index contributed by atoms with van der Waals surface area (Å²) >= 11 is 0. The molecule has 0 saturated carbocycles. The van der Waals surface area contributed by atoms with E-state index in [-0.39, 0.29) is 6.10 Å². The summed E-state index contributed by atoms with van der Waals surface area (Å²) < 4.78 is 6.02. The first-order chi connectivity index (χ1) is 7.66. The summed E-state index contributed by atoms with van der Waals surface area (Å²) in [7, 11) is 0. The molecule has 16 heavy (non-hydrogen) atoms. The minimum Gasteiger partial charge on any atom is -0.369 e. The molecule has 88 valence electrons. The van der Waals surface area contributed by atoms with Gasteiger partial charge < -0.3 is 10.1 Å². The fraction of sp³-hybridized carbons (Fsp3) is 0.615. The second-order valence-corrected chi connectivity index (χ2v) is 4.52. The molecular formula is C13H20N2O. The highest BCUT2D eigenvalue weighted by Gasteiger charge is 2.19. The number of nitrogens with one attached hydrogen (secondary N) is 1. The Morgan fingerprint density at radius 1 is 1.44 bits per heavy atom. The molecule has 1 N–H and O–H groups in total. The minimum atomic E-state index is 0.137. The lowest BCUT2D eigenvalue weighted by molar-refractivity contribution is 0.00777. The monoisotopic (exact) mass is 220 g/mol. The Morgan fingerprint density at radius 2 is 2.25 bits per heavy atom. The van der Waals surface area contributed by atoms with Crippen molar-refractivity contribution in [2.45, 2.75) is 39.4 Å². The molecule has 0 aromatic carbocycles. The quantitative estimate of drug-likeness (QED) is 0.847. The predicted octanol–water partition coefficient (Wildman–Crippen LogP) is 2.14. The van der Waals surface area contributed by atoms with Gasteiger partial charge in [-0.3, -0.25) is 4.98 Å². The molecule has 1 aromatic heterocycles. The van der Waals surface area contributed by atoms with Gasteiger partial charge in [0.25, 0.3) is 0 Å². The van der Waals surface area contributed by atoms with Crippen molar-refractivity contribution in [2.75, 3.05) is 13.1 Å². The lowest BCUT2D eigenvalue weighted by Crippen LogP contribution is -2.19. The third-order valence-electron chi connectivity index (χ3n) is 3.12.